The van der Waals surface area contributed by atoms with Crippen molar-refractivity contribution in [2.24, 2.45) is 5.92 Å². The fraction of sp³-hybridized carbons (Fsp3) is 0.514. The lowest BCUT2D eigenvalue weighted by molar-refractivity contribution is -0.147. The Morgan fingerprint density at radius 2 is 1.75 bits per heavy atom. The number of aliphatic carboxylic acids is 1. The van der Waals surface area contributed by atoms with Crippen LogP contribution in [0, 0.1) is 19.8 Å². The van der Waals surface area contributed by atoms with Crippen molar-refractivity contribution in [3.63, 3.8) is 0 Å². The molecule has 44 heavy (non-hydrogen) atoms. The van der Waals surface area contributed by atoms with E-state index >= 15 is 0 Å². The second kappa shape index (κ2) is 13.7. The fourth-order valence-corrected chi connectivity index (χ4v) is 7.63. The summed E-state index contributed by atoms with van der Waals surface area (Å²) < 4.78 is 12.2. The van der Waals surface area contributed by atoms with Crippen LogP contribution in [0.2, 0.25) is 0 Å². The van der Waals surface area contributed by atoms with Gasteiger partial charge in [-0.3, -0.25) is 9.69 Å². The largest absolute Gasteiger partial charge is 0.488 e. The molecule has 1 aliphatic carbocycles. The molecule has 0 amide bonds. The number of hydrogen-bond acceptors (Lipinski definition) is 6. The van der Waals surface area contributed by atoms with Crippen molar-refractivity contribution in [2.45, 2.75) is 84.0 Å². The summed E-state index contributed by atoms with van der Waals surface area (Å²) in [7, 11) is 1.59. The molecule has 2 aromatic carbocycles. The van der Waals surface area contributed by atoms with Crippen LogP contribution in [-0.4, -0.2) is 66.4 Å². The Hall–Kier alpha value is -3.42. The number of rotatable bonds is 8. The van der Waals surface area contributed by atoms with E-state index in [1.807, 2.05) is 18.2 Å². The third kappa shape index (κ3) is 6.50. The molecule has 1 saturated carbocycles. The number of piperidine rings is 1. The van der Waals surface area contributed by atoms with Gasteiger partial charge in [0.15, 0.2) is 0 Å². The fourth-order valence-electron chi connectivity index (χ4n) is 7.63. The third-order valence-corrected chi connectivity index (χ3v) is 10.3. The smallest absolute Gasteiger partial charge is 0.309 e. The van der Waals surface area contributed by atoms with Crippen molar-refractivity contribution < 1.29 is 19.4 Å². The van der Waals surface area contributed by atoms with Crippen molar-refractivity contribution in [1.82, 2.24) is 9.88 Å². The minimum atomic E-state index is -0.800. The molecule has 3 heterocycles. The summed E-state index contributed by atoms with van der Waals surface area (Å²) in [6, 6.07) is 17.6. The van der Waals surface area contributed by atoms with Crippen LogP contribution in [0.1, 0.15) is 66.3 Å². The quantitative estimate of drug-likeness (QED) is 0.313. The molecule has 2 atom stereocenters. The number of hydrogen-bond donors (Lipinski definition) is 1. The molecule has 7 heteroatoms. The normalized spacial score (nSPS) is 21.5. The molecule has 1 N–H and O–H groups in total. The molecule has 1 aromatic heterocycles. The van der Waals surface area contributed by atoms with Gasteiger partial charge in [0.2, 0.25) is 0 Å². The number of aromatic nitrogens is 1. The molecule has 0 bridgehead atoms. The van der Waals surface area contributed by atoms with E-state index in [0.29, 0.717) is 26.1 Å². The van der Waals surface area contributed by atoms with Gasteiger partial charge in [-0.2, -0.15) is 0 Å². The molecule has 6 rings (SSSR count). The molecule has 0 spiro atoms. The topological polar surface area (TPSA) is 75.1 Å². The molecular formula is C37H47N3O4. The highest BCUT2D eigenvalue weighted by atomic mass is 16.5. The van der Waals surface area contributed by atoms with Crippen LogP contribution in [0.4, 0.5) is 5.82 Å². The number of carbonyl (C=O) groups is 1. The summed E-state index contributed by atoms with van der Waals surface area (Å²) >= 11 is 0. The van der Waals surface area contributed by atoms with Gasteiger partial charge >= 0.3 is 5.97 Å². The van der Waals surface area contributed by atoms with Crippen LogP contribution >= 0.6 is 0 Å². The number of anilines is 1. The van der Waals surface area contributed by atoms with E-state index in [9.17, 15) is 9.90 Å². The van der Waals surface area contributed by atoms with Gasteiger partial charge in [0, 0.05) is 44.9 Å². The number of carboxylic acid groups (broad SMARTS) is 1. The standard InChI is InChI=1S/C37H47N3O4/c1-25-9-7-12-31(33-13-8-14-35(38-33)40-22-19-32(37(41)42)34(23-40)43-3)36(25)44-24-28-16-15-27-17-20-39(21-18-30(27)26(28)2)29-10-5-4-6-11-29/h7-9,12-16,29,32,34H,4-6,10-11,17-24H2,1-3H3,(H,41,42)/t32-,34+/m0/s1. The summed E-state index contributed by atoms with van der Waals surface area (Å²) in [4.78, 5) is 21.6. The second-order valence-electron chi connectivity index (χ2n) is 12.9. The third-order valence-electron chi connectivity index (χ3n) is 10.3. The number of aryl methyl sites for hydroxylation is 1. The van der Waals surface area contributed by atoms with Crippen molar-refractivity contribution in [3.05, 3.63) is 76.3 Å². The highest BCUT2D eigenvalue weighted by Gasteiger charge is 2.35. The average molecular weight is 598 g/mol. The van der Waals surface area contributed by atoms with E-state index in [-0.39, 0.29) is 6.10 Å². The van der Waals surface area contributed by atoms with Crippen LogP contribution in [0.25, 0.3) is 11.3 Å². The minimum Gasteiger partial charge on any atom is -0.488 e. The Morgan fingerprint density at radius 1 is 0.955 bits per heavy atom. The zero-order valence-corrected chi connectivity index (χ0v) is 26.6. The van der Waals surface area contributed by atoms with E-state index in [1.54, 1.807) is 7.11 Å². The SMILES string of the molecule is CO[C@@H]1CN(c2cccc(-c3cccc(C)c3OCc3ccc4c(c3C)CCN(C3CCCCC3)CC4)n2)CC[C@@H]1C(=O)O. The number of para-hydroxylation sites is 1. The molecule has 0 radical (unpaired) electrons. The first-order valence-electron chi connectivity index (χ1n) is 16.5. The van der Waals surface area contributed by atoms with E-state index in [1.165, 1.54) is 60.9 Å². The number of ether oxygens (including phenoxy) is 2. The van der Waals surface area contributed by atoms with Gasteiger partial charge in [0.05, 0.1) is 17.7 Å². The molecule has 2 aliphatic heterocycles. The Balaban J connectivity index is 1.18. The van der Waals surface area contributed by atoms with Crippen molar-refractivity contribution in [1.29, 1.82) is 0 Å². The first kappa shape index (κ1) is 30.6. The van der Waals surface area contributed by atoms with Crippen LogP contribution in [0.3, 0.4) is 0 Å². The molecule has 0 unspecified atom stereocenters. The summed E-state index contributed by atoms with van der Waals surface area (Å²) in [5.41, 5.74) is 8.53. The van der Waals surface area contributed by atoms with Gasteiger partial charge in [-0.15, -0.1) is 0 Å². The molecule has 3 aliphatic rings. The van der Waals surface area contributed by atoms with Gasteiger partial charge < -0.3 is 19.5 Å². The summed E-state index contributed by atoms with van der Waals surface area (Å²) in [6.45, 7) is 8.34. The summed E-state index contributed by atoms with van der Waals surface area (Å²) in [5.74, 6) is 0.383. The van der Waals surface area contributed by atoms with Crippen molar-refractivity contribution >= 4 is 11.8 Å². The van der Waals surface area contributed by atoms with Crippen LogP contribution in [-0.2, 0) is 29.0 Å². The number of fused-ring (bicyclic) bond motifs is 1. The van der Waals surface area contributed by atoms with Crippen LogP contribution in [0.15, 0.2) is 48.5 Å². The Labute approximate surface area is 262 Å². The first-order chi connectivity index (χ1) is 21.4. The van der Waals surface area contributed by atoms with Crippen LogP contribution in [0.5, 0.6) is 5.75 Å². The number of methoxy groups -OCH3 is 1. The van der Waals surface area contributed by atoms with Gasteiger partial charge in [-0.05, 0) is 92.0 Å². The predicted molar refractivity (Wildman–Crippen MR) is 175 cm³/mol. The molecule has 234 valence electrons. The lowest BCUT2D eigenvalue weighted by atomic mass is 9.94. The Kier molecular flexibility index (Phi) is 9.53. The summed E-state index contributed by atoms with van der Waals surface area (Å²) in [5, 5.41) is 9.60. The first-order valence-corrected chi connectivity index (χ1v) is 16.5. The maximum Gasteiger partial charge on any atom is 0.309 e. The Morgan fingerprint density at radius 3 is 2.55 bits per heavy atom. The van der Waals surface area contributed by atoms with E-state index in [2.05, 4.69) is 54.0 Å². The van der Waals surface area contributed by atoms with Crippen molar-refractivity contribution in [2.75, 3.05) is 38.2 Å². The monoisotopic (exact) mass is 597 g/mol. The minimum absolute atomic E-state index is 0.371. The van der Waals surface area contributed by atoms with Crippen molar-refractivity contribution in [3.8, 4) is 17.0 Å². The number of carboxylic acids is 1. The zero-order valence-electron chi connectivity index (χ0n) is 26.6. The second-order valence-corrected chi connectivity index (χ2v) is 12.9. The number of benzene rings is 2. The van der Waals surface area contributed by atoms with Gasteiger partial charge in [0.25, 0.3) is 0 Å². The van der Waals surface area contributed by atoms with E-state index in [0.717, 1.165) is 53.8 Å². The zero-order chi connectivity index (χ0) is 30.6. The Bertz CT molecular complexity index is 1470. The molecule has 1 saturated heterocycles. The molecule has 2 fully saturated rings. The van der Waals surface area contributed by atoms with Gasteiger partial charge in [-0.1, -0.05) is 49.6 Å². The van der Waals surface area contributed by atoms with Gasteiger partial charge in [-0.25, -0.2) is 4.98 Å². The maximum atomic E-state index is 11.7. The molecule has 3 aromatic rings. The maximum absolute atomic E-state index is 11.7. The summed E-state index contributed by atoms with van der Waals surface area (Å²) in [6.07, 6.45) is 9.30. The van der Waals surface area contributed by atoms with Crippen LogP contribution < -0.4 is 9.64 Å². The van der Waals surface area contributed by atoms with Gasteiger partial charge in [0.1, 0.15) is 18.2 Å². The average Bonchev–Trinajstić information content (AvgIpc) is 3.28. The number of pyridine rings is 1. The van der Waals surface area contributed by atoms with E-state index < -0.39 is 11.9 Å². The highest BCUT2D eigenvalue weighted by Crippen LogP contribution is 2.35. The lowest BCUT2D eigenvalue weighted by Gasteiger charge is -2.36. The lowest BCUT2D eigenvalue weighted by Crippen LogP contribution is -2.47. The predicted octanol–water partition coefficient (Wildman–Crippen LogP) is 6.60. The highest BCUT2D eigenvalue weighted by molar-refractivity contribution is 5.72. The van der Waals surface area contributed by atoms with E-state index in [4.69, 9.17) is 14.5 Å². The molecular weight excluding hydrogens is 550 g/mol. The molecule has 7 nitrogen and oxygen atoms in total. The number of nitrogens with zero attached hydrogens (tertiary/aromatic N) is 3.